The highest BCUT2D eigenvalue weighted by Crippen LogP contribution is 2.24. The number of aromatic nitrogens is 4. The summed E-state index contributed by atoms with van der Waals surface area (Å²) in [5.41, 5.74) is 3.46. The van der Waals surface area contributed by atoms with Crippen LogP contribution in [0.2, 0.25) is 0 Å². The molecule has 38 heavy (non-hydrogen) atoms. The predicted molar refractivity (Wildman–Crippen MR) is 149 cm³/mol. The van der Waals surface area contributed by atoms with Crippen LogP contribution in [0, 0.1) is 6.92 Å². The Kier molecular flexibility index (Phi) is 9.28. The van der Waals surface area contributed by atoms with Gasteiger partial charge in [-0.2, -0.15) is 4.73 Å². The summed E-state index contributed by atoms with van der Waals surface area (Å²) in [5, 5.41) is 9.92. The molecule has 1 fully saturated rings. The van der Waals surface area contributed by atoms with E-state index in [2.05, 4.69) is 30.8 Å². The standard InChI is InChI=1S/C28H32N6O3.ClH/c1-21-15-22(8-9-30-21)17-33(24-5-4-12-32(20-24)27-16-29-10-11-31-27)18-23-19-34(37-14-13-35)26-7-3-2-6-25(26)28(23)36;/h2-3,6-11,15-16,19,24,35H,4-5,12-14,17-18,20H2,1H3;1H/t24-;/m0./s1. The normalized spacial score (nSPS) is 15.4. The monoisotopic (exact) mass is 536 g/mol. The molecule has 1 aliphatic rings. The first-order chi connectivity index (χ1) is 18.1. The molecule has 3 aromatic heterocycles. The van der Waals surface area contributed by atoms with Crippen molar-refractivity contribution in [1.29, 1.82) is 0 Å². The van der Waals surface area contributed by atoms with Gasteiger partial charge in [0.2, 0.25) is 0 Å². The molecule has 1 N–H and O–H groups in total. The zero-order chi connectivity index (χ0) is 25.6. The van der Waals surface area contributed by atoms with E-state index in [0.717, 1.165) is 43.0 Å². The van der Waals surface area contributed by atoms with Crippen molar-refractivity contribution in [2.45, 2.75) is 38.9 Å². The Morgan fingerprint density at radius 1 is 1.13 bits per heavy atom. The lowest BCUT2D eigenvalue weighted by Crippen LogP contribution is -2.48. The first kappa shape index (κ1) is 27.5. The first-order valence-electron chi connectivity index (χ1n) is 12.7. The number of para-hydroxylation sites is 1. The molecule has 4 heterocycles. The van der Waals surface area contributed by atoms with E-state index in [1.807, 2.05) is 43.5 Å². The van der Waals surface area contributed by atoms with Crippen molar-refractivity contribution in [2.24, 2.45) is 0 Å². The van der Waals surface area contributed by atoms with E-state index in [1.54, 1.807) is 29.5 Å². The summed E-state index contributed by atoms with van der Waals surface area (Å²) in [6.45, 7) is 4.90. The van der Waals surface area contributed by atoms with Gasteiger partial charge in [0.15, 0.2) is 5.43 Å². The number of nitrogens with zero attached hydrogens (tertiary/aromatic N) is 6. The summed E-state index contributed by atoms with van der Waals surface area (Å²) in [6, 6.07) is 11.8. The van der Waals surface area contributed by atoms with E-state index in [0.29, 0.717) is 29.6 Å². The van der Waals surface area contributed by atoms with Crippen LogP contribution < -0.4 is 15.2 Å². The lowest BCUT2D eigenvalue weighted by atomic mass is 10.0. The van der Waals surface area contributed by atoms with Crippen LogP contribution in [0.15, 0.2) is 72.2 Å². The van der Waals surface area contributed by atoms with Crippen molar-refractivity contribution in [1.82, 2.24) is 24.6 Å². The zero-order valence-corrected chi connectivity index (χ0v) is 22.3. The minimum absolute atomic E-state index is 0. The number of halogens is 1. The van der Waals surface area contributed by atoms with Gasteiger partial charge in [-0.1, -0.05) is 12.1 Å². The Labute approximate surface area is 228 Å². The third-order valence-electron chi connectivity index (χ3n) is 6.78. The second kappa shape index (κ2) is 12.8. The summed E-state index contributed by atoms with van der Waals surface area (Å²) in [5.74, 6) is 0.873. The van der Waals surface area contributed by atoms with Crippen molar-refractivity contribution < 1.29 is 9.94 Å². The maximum atomic E-state index is 13.6. The molecule has 0 amide bonds. The summed E-state index contributed by atoms with van der Waals surface area (Å²) in [4.78, 5) is 37.1. The van der Waals surface area contributed by atoms with Gasteiger partial charge in [-0.3, -0.25) is 19.7 Å². The fourth-order valence-electron chi connectivity index (χ4n) is 5.04. The largest absolute Gasteiger partial charge is 0.411 e. The molecule has 0 radical (unpaired) electrons. The van der Waals surface area contributed by atoms with Crippen molar-refractivity contribution in [3.63, 3.8) is 0 Å². The van der Waals surface area contributed by atoms with Gasteiger partial charge in [0.1, 0.15) is 12.4 Å². The van der Waals surface area contributed by atoms with Gasteiger partial charge >= 0.3 is 0 Å². The van der Waals surface area contributed by atoms with Crippen LogP contribution >= 0.6 is 12.4 Å². The number of hydrogen-bond acceptors (Lipinski definition) is 8. The van der Waals surface area contributed by atoms with Crippen LogP contribution in [-0.2, 0) is 13.1 Å². The molecule has 4 aromatic rings. The number of aryl methyl sites for hydroxylation is 1. The topological polar surface area (TPSA) is 96.6 Å². The molecule has 0 unspecified atom stereocenters. The van der Waals surface area contributed by atoms with Gasteiger partial charge in [-0.05, 0) is 49.6 Å². The number of anilines is 1. The molecule has 1 atom stereocenters. The number of rotatable bonds is 9. The summed E-state index contributed by atoms with van der Waals surface area (Å²) < 4.78 is 1.61. The van der Waals surface area contributed by atoms with E-state index in [9.17, 15) is 9.90 Å². The highest BCUT2D eigenvalue weighted by Gasteiger charge is 2.27. The fourth-order valence-corrected chi connectivity index (χ4v) is 5.04. The molecule has 0 spiro atoms. The number of aliphatic hydroxyl groups is 1. The zero-order valence-electron chi connectivity index (χ0n) is 21.4. The van der Waals surface area contributed by atoms with E-state index in [4.69, 9.17) is 4.84 Å². The van der Waals surface area contributed by atoms with Gasteiger partial charge in [0, 0.05) is 67.5 Å². The second-order valence-corrected chi connectivity index (χ2v) is 9.40. The molecule has 200 valence electrons. The number of fused-ring (bicyclic) bond motifs is 1. The minimum Gasteiger partial charge on any atom is -0.411 e. The average Bonchev–Trinajstić information content (AvgIpc) is 2.94. The average molecular weight is 537 g/mol. The molecule has 9 nitrogen and oxygen atoms in total. The van der Waals surface area contributed by atoms with Crippen molar-refractivity contribution in [3.8, 4) is 0 Å². The molecule has 0 aliphatic carbocycles. The molecule has 1 saturated heterocycles. The molecule has 1 aliphatic heterocycles. The van der Waals surface area contributed by atoms with Crippen LogP contribution in [0.5, 0.6) is 0 Å². The number of aliphatic hydroxyl groups excluding tert-OH is 1. The van der Waals surface area contributed by atoms with Crippen LogP contribution in [0.1, 0.15) is 29.7 Å². The molecule has 1 aromatic carbocycles. The van der Waals surface area contributed by atoms with Gasteiger partial charge in [-0.25, -0.2) is 4.98 Å². The third kappa shape index (κ3) is 6.30. The Balaban J connectivity index is 0.00000336. The number of piperidine rings is 1. The van der Waals surface area contributed by atoms with Gasteiger partial charge in [0.05, 0.1) is 24.5 Å². The minimum atomic E-state index is -0.108. The molecule has 0 saturated carbocycles. The highest BCUT2D eigenvalue weighted by molar-refractivity contribution is 5.85. The van der Waals surface area contributed by atoms with E-state index >= 15 is 0 Å². The van der Waals surface area contributed by atoms with E-state index in [1.165, 1.54) is 0 Å². The Hall–Kier alpha value is -3.53. The Morgan fingerprint density at radius 3 is 2.79 bits per heavy atom. The summed E-state index contributed by atoms with van der Waals surface area (Å²) in [7, 11) is 0. The molecular weight excluding hydrogens is 504 g/mol. The number of hydrogen-bond donors (Lipinski definition) is 1. The smallest absolute Gasteiger partial charge is 0.194 e. The predicted octanol–water partition coefficient (Wildman–Crippen LogP) is 3.01. The lowest BCUT2D eigenvalue weighted by molar-refractivity contribution is 0.0808. The lowest BCUT2D eigenvalue weighted by Gasteiger charge is -2.40. The van der Waals surface area contributed by atoms with Crippen molar-refractivity contribution >= 4 is 29.1 Å². The van der Waals surface area contributed by atoms with Gasteiger partial charge < -0.3 is 14.8 Å². The first-order valence-corrected chi connectivity index (χ1v) is 12.7. The maximum absolute atomic E-state index is 13.6. The summed E-state index contributed by atoms with van der Waals surface area (Å²) >= 11 is 0. The fraction of sp³-hybridized carbons (Fsp3) is 0.357. The maximum Gasteiger partial charge on any atom is 0.194 e. The molecule has 5 rings (SSSR count). The SMILES string of the molecule is Cc1cc(CN(Cc2cn(OCCO)c3ccccc3c2=O)[C@H]2CCCN(c3cnccn3)C2)ccn1.Cl. The number of pyridine rings is 2. The molecule has 0 bridgehead atoms. The molecular formula is C28H33ClN6O3. The van der Waals surface area contributed by atoms with E-state index in [-0.39, 0.29) is 37.1 Å². The van der Waals surface area contributed by atoms with Gasteiger partial charge in [-0.15, -0.1) is 12.4 Å². The van der Waals surface area contributed by atoms with Gasteiger partial charge in [0.25, 0.3) is 0 Å². The van der Waals surface area contributed by atoms with Crippen LogP contribution in [0.4, 0.5) is 5.82 Å². The summed E-state index contributed by atoms with van der Waals surface area (Å²) in [6.07, 6.45) is 10.9. The third-order valence-corrected chi connectivity index (χ3v) is 6.78. The van der Waals surface area contributed by atoms with E-state index < -0.39 is 0 Å². The van der Waals surface area contributed by atoms with Crippen LogP contribution in [0.25, 0.3) is 10.9 Å². The quantitative estimate of drug-likeness (QED) is 0.349. The van der Waals surface area contributed by atoms with Crippen LogP contribution in [0.3, 0.4) is 0 Å². The van der Waals surface area contributed by atoms with Crippen molar-refractivity contribution in [3.05, 3.63) is 94.4 Å². The van der Waals surface area contributed by atoms with Crippen LogP contribution in [-0.4, -0.2) is 62.0 Å². The Morgan fingerprint density at radius 2 is 2.00 bits per heavy atom. The second-order valence-electron chi connectivity index (χ2n) is 9.40. The highest BCUT2D eigenvalue weighted by atomic mass is 35.5. The Bertz CT molecular complexity index is 1400. The van der Waals surface area contributed by atoms with Crippen molar-refractivity contribution in [2.75, 3.05) is 31.2 Å². The number of benzene rings is 1. The molecule has 10 heteroatoms.